The molecule has 0 spiro atoms. The second kappa shape index (κ2) is 9.57. The molecule has 0 aliphatic heterocycles. The molecule has 0 bridgehead atoms. The molecule has 0 saturated carbocycles. The van der Waals surface area contributed by atoms with Crippen molar-refractivity contribution in [3.8, 4) is 17.1 Å². The van der Waals surface area contributed by atoms with Crippen LogP contribution in [-0.2, 0) is 11.3 Å². The SMILES string of the molecule is C=CCn1c(SCC(=O)NC(C)c2cccs2)nnc1-c1ccc(OC)cc1. The van der Waals surface area contributed by atoms with E-state index in [1.165, 1.54) is 11.8 Å². The van der Waals surface area contributed by atoms with Crippen LogP contribution in [0.5, 0.6) is 5.75 Å². The van der Waals surface area contributed by atoms with Crippen molar-refractivity contribution >= 4 is 29.0 Å². The predicted molar refractivity (Wildman–Crippen MR) is 114 cm³/mol. The first-order valence-corrected chi connectivity index (χ1v) is 10.6. The minimum Gasteiger partial charge on any atom is -0.497 e. The third-order valence-electron chi connectivity index (χ3n) is 4.06. The quantitative estimate of drug-likeness (QED) is 0.420. The van der Waals surface area contributed by atoms with Gasteiger partial charge in [-0.05, 0) is 42.6 Å². The standard InChI is InChI=1S/C20H22N4O2S2/c1-4-11-24-19(15-7-9-16(26-3)10-8-15)22-23-20(24)28-13-18(25)21-14(2)17-6-5-12-27-17/h4-10,12,14H,1,11,13H2,2-3H3,(H,21,25). The summed E-state index contributed by atoms with van der Waals surface area (Å²) in [6.45, 7) is 6.36. The molecule has 0 aliphatic carbocycles. The Labute approximate surface area is 172 Å². The fourth-order valence-electron chi connectivity index (χ4n) is 2.66. The zero-order valence-electron chi connectivity index (χ0n) is 15.8. The lowest BCUT2D eigenvalue weighted by Gasteiger charge is -2.12. The molecule has 0 fully saturated rings. The van der Waals surface area contributed by atoms with E-state index in [2.05, 4.69) is 22.1 Å². The molecule has 0 saturated heterocycles. The highest BCUT2D eigenvalue weighted by Gasteiger charge is 2.16. The van der Waals surface area contributed by atoms with Crippen molar-refractivity contribution in [1.29, 1.82) is 0 Å². The fourth-order valence-corrected chi connectivity index (χ4v) is 4.16. The maximum absolute atomic E-state index is 12.3. The molecule has 2 aromatic heterocycles. The number of rotatable bonds is 9. The van der Waals surface area contributed by atoms with Crippen LogP contribution >= 0.6 is 23.1 Å². The van der Waals surface area contributed by atoms with Gasteiger partial charge in [0.25, 0.3) is 0 Å². The molecule has 0 aliphatic rings. The lowest BCUT2D eigenvalue weighted by molar-refractivity contribution is -0.119. The molecule has 2 heterocycles. The first-order valence-electron chi connectivity index (χ1n) is 8.76. The van der Waals surface area contributed by atoms with Crippen molar-refractivity contribution < 1.29 is 9.53 Å². The zero-order chi connectivity index (χ0) is 19.9. The van der Waals surface area contributed by atoms with Gasteiger partial charge in [0, 0.05) is 17.0 Å². The number of thiophene rings is 1. The summed E-state index contributed by atoms with van der Waals surface area (Å²) in [4.78, 5) is 13.5. The van der Waals surface area contributed by atoms with Crippen LogP contribution < -0.4 is 10.1 Å². The van der Waals surface area contributed by atoms with Crippen molar-refractivity contribution in [2.24, 2.45) is 0 Å². The van der Waals surface area contributed by atoms with E-state index in [1.54, 1.807) is 24.5 Å². The highest BCUT2D eigenvalue weighted by molar-refractivity contribution is 7.99. The Hall–Kier alpha value is -2.58. The van der Waals surface area contributed by atoms with Gasteiger partial charge in [-0.1, -0.05) is 23.9 Å². The molecule has 1 unspecified atom stereocenters. The second-order valence-corrected chi connectivity index (χ2v) is 7.95. The number of allylic oxidation sites excluding steroid dienone is 1. The summed E-state index contributed by atoms with van der Waals surface area (Å²) in [5.41, 5.74) is 0.928. The number of hydrogen-bond donors (Lipinski definition) is 1. The molecule has 6 nitrogen and oxygen atoms in total. The van der Waals surface area contributed by atoms with Gasteiger partial charge in [-0.2, -0.15) is 0 Å². The van der Waals surface area contributed by atoms with Gasteiger partial charge in [-0.3, -0.25) is 9.36 Å². The summed E-state index contributed by atoms with van der Waals surface area (Å²) in [7, 11) is 1.63. The van der Waals surface area contributed by atoms with Crippen LogP contribution in [-0.4, -0.2) is 33.5 Å². The van der Waals surface area contributed by atoms with E-state index in [0.29, 0.717) is 11.7 Å². The number of carbonyl (C=O) groups excluding carboxylic acids is 1. The maximum Gasteiger partial charge on any atom is 0.230 e. The van der Waals surface area contributed by atoms with Crippen LogP contribution in [0.25, 0.3) is 11.4 Å². The lowest BCUT2D eigenvalue weighted by atomic mass is 10.2. The van der Waals surface area contributed by atoms with Gasteiger partial charge in [-0.15, -0.1) is 28.1 Å². The number of nitrogens with one attached hydrogen (secondary N) is 1. The Morgan fingerprint density at radius 2 is 2.14 bits per heavy atom. The Morgan fingerprint density at radius 1 is 1.36 bits per heavy atom. The predicted octanol–water partition coefficient (Wildman–Crippen LogP) is 4.17. The summed E-state index contributed by atoms with van der Waals surface area (Å²) in [5, 5.41) is 14.3. The molecule has 1 aromatic carbocycles. The molecule has 3 rings (SSSR count). The number of aromatic nitrogens is 3. The first-order chi connectivity index (χ1) is 13.6. The largest absolute Gasteiger partial charge is 0.497 e. The van der Waals surface area contributed by atoms with Gasteiger partial charge in [0.05, 0.1) is 18.9 Å². The molecule has 0 radical (unpaired) electrons. The molecule has 28 heavy (non-hydrogen) atoms. The second-order valence-electron chi connectivity index (χ2n) is 6.03. The smallest absolute Gasteiger partial charge is 0.230 e. The van der Waals surface area contributed by atoms with Crippen molar-refractivity contribution in [3.05, 3.63) is 59.3 Å². The lowest BCUT2D eigenvalue weighted by Crippen LogP contribution is -2.27. The number of hydrogen-bond acceptors (Lipinski definition) is 6. The highest BCUT2D eigenvalue weighted by atomic mass is 32.2. The summed E-state index contributed by atoms with van der Waals surface area (Å²) < 4.78 is 7.16. The summed E-state index contributed by atoms with van der Waals surface area (Å²) in [5.74, 6) is 1.75. The number of nitrogens with zero attached hydrogens (tertiary/aromatic N) is 3. The van der Waals surface area contributed by atoms with Gasteiger partial charge in [0.2, 0.25) is 5.91 Å². The van der Waals surface area contributed by atoms with Gasteiger partial charge in [0.15, 0.2) is 11.0 Å². The molecular formula is C20H22N4O2S2. The summed E-state index contributed by atoms with van der Waals surface area (Å²) >= 11 is 3.00. The maximum atomic E-state index is 12.3. The summed E-state index contributed by atoms with van der Waals surface area (Å²) in [6.07, 6.45) is 1.79. The molecule has 8 heteroatoms. The Bertz CT molecular complexity index is 920. The Kier molecular flexibility index (Phi) is 6.89. The van der Waals surface area contributed by atoms with Gasteiger partial charge in [0.1, 0.15) is 5.75 Å². The van der Waals surface area contributed by atoms with Crippen LogP contribution in [0.1, 0.15) is 17.8 Å². The Morgan fingerprint density at radius 3 is 2.79 bits per heavy atom. The van der Waals surface area contributed by atoms with E-state index >= 15 is 0 Å². The number of carbonyl (C=O) groups is 1. The van der Waals surface area contributed by atoms with Crippen LogP contribution in [0.3, 0.4) is 0 Å². The average molecular weight is 415 g/mol. The minimum absolute atomic E-state index is 0.00555. The molecule has 3 aromatic rings. The van der Waals surface area contributed by atoms with Crippen LogP contribution in [0.15, 0.2) is 59.6 Å². The van der Waals surface area contributed by atoms with Crippen molar-refractivity contribution in [2.45, 2.75) is 24.7 Å². The van der Waals surface area contributed by atoms with Crippen LogP contribution in [0, 0.1) is 0 Å². The zero-order valence-corrected chi connectivity index (χ0v) is 17.4. The molecular weight excluding hydrogens is 392 g/mol. The topological polar surface area (TPSA) is 69.0 Å². The minimum atomic E-state index is -0.0370. The monoisotopic (exact) mass is 414 g/mol. The van der Waals surface area contributed by atoms with Crippen molar-refractivity contribution in [1.82, 2.24) is 20.1 Å². The molecule has 146 valence electrons. The van der Waals surface area contributed by atoms with E-state index in [-0.39, 0.29) is 17.7 Å². The average Bonchev–Trinajstić information content (AvgIpc) is 3.37. The van der Waals surface area contributed by atoms with Gasteiger partial charge < -0.3 is 10.1 Å². The Balaban J connectivity index is 1.68. The normalized spacial score (nSPS) is 11.8. The van der Waals surface area contributed by atoms with Crippen LogP contribution in [0.2, 0.25) is 0 Å². The molecule has 1 atom stereocenters. The van der Waals surface area contributed by atoms with E-state index < -0.39 is 0 Å². The summed E-state index contributed by atoms with van der Waals surface area (Å²) in [6, 6.07) is 11.6. The van der Waals surface area contributed by atoms with Crippen molar-refractivity contribution in [2.75, 3.05) is 12.9 Å². The van der Waals surface area contributed by atoms with Crippen LogP contribution in [0.4, 0.5) is 0 Å². The van der Waals surface area contributed by atoms with E-state index in [1.807, 2.05) is 53.3 Å². The molecule has 1 amide bonds. The number of ether oxygens (including phenoxy) is 1. The fraction of sp³-hybridized carbons (Fsp3) is 0.250. The van der Waals surface area contributed by atoms with Gasteiger partial charge in [-0.25, -0.2) is 0 Å². The van der Waals surface area contributed by atoms with Crippen molar-refractivity contribution in [3.63, 3.8) is 0 Å². The van der Waals surface area contributed by atoms with Gasteiger partial charge >= 0.3 is 0 Å². The number of benzene rings is 1. The number of methoxy groups -OCH3 is 1. The third kappa shape index (κ3) is 4.82. The number of thioether (sulfide) groups is 1. The third-order valence-corrected chi connectivity index (χ3v) is 6.08. The van der Waals surface area contributed by atoms with E-state index in [9.17, 15) is 4.79 Å². The number of amides is 1. The van der Waals surface area contributed by atoms with E-state index in [4.69, 9.17) is 4.74 Å². The molecule has 1 N–H and O–H groups in total. The van der Waals surface area contributed by atoms with E-state index in [0.717, 1.165) is 22.0 Å². The highest BCUT2D eigenvalue weighted by Crippen LogP contribution is 2.26. The first kappa shape index (κ1) is 20.2.